The third kappa shape index (κ3) is 1.56. The normalized spacial score (nSPS) is 11.2. The third-order valence-corrected chi connectivity index (χ3v) is 3.28. The SMILES string of the molecule is Cc1cccc(-c2nc3cccnc3c3nncn23)c1. The van der Waals surface area contributed by atoms with Crippen LogP contribution >= 0.6 is 0 Å². The molecule has 3 aromatic heterocycles. The first-order valence-electron chi connectivity index (χ1n) is 6.34. The molecule has 0 aliphatic heterocycles. The highest BCUT2D eigenvalue weighted by Gasteiger charge is 2.12. The Balaban J connectivity index is 2.14. The van der Waals surface area contributed by atoms with Gasteiger partial charge in [0.25, 0.3) is 0 Å². The maximum Gasteiger partial charge on any atom is 0.190 e. The first kappa shape index (κ1) is 11.0. The summed E-state index contributed by atoms with van der Waals surface area (Å²) in [5.74, 6) is 0.828. The van der Waals surface area contributed by atoms with Crippen molar-refractivity contribution >= 4 is 16.7 Å². The van der Waals surface area contributed by atoms with Gasteiger partial charge in [-0.3, -0.25) is 9.38 Å². The summed E-state index contributed by atoms with van der Waals surface area (Å²) in [4.78, 5) is 9.06. The van der Waals surface area contributed by atoms with E-state index in [1.807, 2.05) is 28.7 Å². The second-order valence-electron chi connectivity index (χ2n) is 4.70. The van der Waals surface area contributed by atoms with Crippen LogP contribution in [-0.2, 0) is 0 Å². The van der Waals surface area contributed by atoms with Crippen LogP contribution in [0.4, 0.5) is 0 Å². The molecule has 0 saturated heterocycles. The highest BCUT2D eigenvalue weighted by molar-refractivity contribution is 5.89. The monoisotopic (exact) mass is 261 g/mol. The molecule has 0 aliphatic rings. The van der Waals surface area contributed by atoms with Gasteiger partial charge in [-0.2, -0.15) is 0 Å². The van der Waals surface area contributed by atoms with Crippen LogP contribution in [0.5, 0.6) is 0 Å². The lowest BCUT2D eigenvalue weighted by Gasteiger charge is -2.07. The summed E-state index contributed by atoms with van der Waals surface area (Å²) >= 11 is 0. The molecule has 0 radical (unpaired) electrons. The minimum Gasteiger partial charge on any atom is -0.263 e. The van der Waals surface area contributed by atoms with E-state index in [1.165, 1.54) is 5.56 Å². The standard InChI is InChI=1S/C15H11N5/c1-10-4-2-5-11(8-10)14-18-12-6-3-7-16-13(12)15-19-17-9-20(14)15/h2-9H,1H3. The molecular formula is C15H11N5. The minimum absolute atomic E-state index is 0.729. The van der Waals surface area contributed by atoms with Gasteiger partial charge in [-0.15, -0.1) is 10.2 Å². The summed E-state index contributed by atoms with van der Waals surface area (Å²) < 4.78 is 1.88. The van der Waals surface area contributed by atoms with Crippen LogP contribution in [0.1, 0.15) is 5.56 Å². The van der Waals surface area contributed by atoms with E-state index in [0.29, 0.717) is 0 Å². The summed E-state index contributed by atoms with van der Waals surface area (Å²) in [6.45, 7) is 2.06. The van der Waals surface area contributed by atoms with Gasteiger partial charge in [0.15, 0.2) is 5.65 Å². The molecule has 0 fully saturated rings. The van der Waals surface area contributed by atoms with Crippen LogP contribution in [-0.4, -0.2) is 24.6 Å². The summed E-state index contributed by atoms with van der Waals surface area (Å²) in [6, 6.07) is 12.0. The number of hydrogen-bond acceptors (Lipinski definition) is 4. The fraction of sp³-hybridized carbons (Fsp3) is 0.0667. The minimum atomic E-state index is 0.729. The lowest BCUT2D eigenvalue weighted by atomic mass is 10.1. The number of rotatable bonds is 1. The molecule has 0 aliphatic carbocycles. The Morgan fingerprint density at radius 3 is 2.95 bits per heavy atom. The lowest BCUT2D eigenvalue weighted by Crippen LogP contribution is -1.98. The molecule has 5 nitrogen and oxygen atoms in total. The second kappa shape index (κ2) is 4.09. The molecule has 0 N–H and O–H groups in total. The van der Waals surface area contributed by atoms with Gasteiger partial charge in [0, 0.05) is 11.8 Å². The van der Waals surface area contributed by atoms with Crippen molar-refractivity contribution in [1.82, 2.24) is 24.6 Å². The third-order valence-electron chi connectivity index (χ3n) is 3.28. The van der Waals surface area contributed by atoms with Gasteiger partial charge in [-0.25, -0.2) is 4.98 Å². The van der Waals surface area contributed by atoms with Crippen molar-refractivity contribution in [2.75, 3.05) is 0 Å². The molecule has 0 saturated carbocycles. The second-order valence-corrected chi connectivity index (χ2v) is 4.70. The van der Waals surface area contributed by atoms with Gasteiger partial charge in [0.1, 0.15) is 17.7 Å². The molecule has 3 heterocycles. The van der Waals surface area contributed by atoms with Crippen molar-refractivity contribution in [2.45, 2.75) is 6.92 Å². The van der Waals surface area contributed by atoms with Crippen LogP contribution < -0.4 is 0 Å². The van der Waals surface area contributed by atoms with Gasteiger partial charge >= 0.3 is 0 Å². The van der Waals surface area contributed by atoms with Crippen LogP contribution in [0.2, 0.25) is 0 Å². The number of aromatic nitrogens is 5. The molecule has 4 aromatic rings. The smallest absolute Gasteiger partial charge is 0.190 e. The Kier molecular flexibility index (Phi) is 2.26. The Morgan fingerprint density at radius 1 is 1.10 bits per heavy atom. The molecular weight excluding hydrogens is 250 g/mol. The fourth-order valence-electron chi connectivity index (χ4n) is 2.37. The van der Waals surface area contributed by atoms with Crippen LogP contribution in [0.15, 0.2) is 48.9 Å². The quantitative estimate of drug-likeness (QED) is 0.528. The first-order valence-corrected chi connectivity index (χ1v) is 6.34. The van der Waals surface area contributed by atoms with E-state index in [4.69, 9.17) is 4.98 Å². The number of benzene rings is 1. The number of nitrogens with zero attached hydrogens (tertiary/aromatic N) is 5. The largest absolute Gasteiger partial charge is 0.263 e. The van der Waals surface area contributed by atoms with E-state index in [1.54, 1.807) is 12.5 Å². The van der Waals surface area contributed by atoms with E-state index < -0.39 is 0 Å². The summed E-state index contributed by atoms with van der Waals surface area (Å²) in [5, 5.41) is 8.16. The van der Waals surface area contributed by atoms with Gasteiger partial charge < -0.3 is 0 Å². The van der Waals surface area contributed by atoms with E-state index in [-0.39, 0.29) is 0 Å². The summed E-state index contributed by atoms with van der Waals surface area (Å²) in [6.07, 6.45) is 3.42. The Hall–Kier alpha value is -2.82. The molecule has 0 bridgehead atoms. The molecule has 20 heavy (non-hydrogen) atoms. The zero-order chi connectivity index (χ0) is 13.5. The van der Waals surface area contributed by atoms with Crippen LogP contribution in [0.25, 0.3) is 28.1 Å². The number of pyridine rings is 1. The maximum atomic E-state index is 4.71. The molecule has 1 aromatic carbocycles. The molecule has 0 amide bonds. The molecule has 5 heteroatoms. The van der Waals surface area contributed by atoms with Gasteiger partial charge in [-0.05, 0) is 25.1 Å². The Morgan fingerprint density at radius 2 is 2.05 bits per heavy atom. The van der Waals surface area contributed by atoms with E-state index in [9.17, 15) is 0 Å². The van der Waals surface area contributed by atoms with Crippen molar-refractivity contribution in [1.29, 1.82) is 0 Å². The Labute approximate surface area is 115 Å². The molecule has 0 atom stereocenters. The number of fused-ring (bicyclic) bond motifs is 3. The average molecular weight is 261 g/mol. The van der Waals surface area contributed by atoms with E-state index in [0.717, 1.165) is 28.1 Å². The van der Waals surface area contributed by atoms with Crippen molar-refractivity contribution < 1.29 is 0 Å². The molecule has 0 unspecified atom stereocenters. The van der Waals surface area contributed by atoms with Gasteiger partial charge in [-0.1, -0.05) is 23.8 Å². The molecule has 0 spiro atoms. The summed E-state index contributed by atoms with van der Waals surface area (Å²) in [5.41, 5.74) is 4.55. The van der Waals surface area contributed by atoms with Crippen molar-refractivity contribution in [3.8, 4) is 11.4 Å². The van der Waals surface area contributed by atoms with Gasteiger partial charge in [0.2, 0.25) is 0 Å². The zero-order valence-electron chi connectivity index (χ0n) is 10.9. The zero-order valence-corrected chi connectivity index (χ0v) is 10.9. The first-order chi connectivity index (χ1) is 9.83. The van der Waals surface area contributed by atoms with E-state index >= 15 is 0 Å². The highest BCUT2D eigenvalue weighted by atomic mass is 15.2. The maximum absolute atomic E-state index is 4.71. The highest BCUT2D eigenvalue weighted by Crippen LogP contribution is 2.23. The lowest BCUT2D eigenvalue weighted by molar-refractivity contribution is 1.09. The summed E-state index contributed by atoms with van der Waals surface area (Å²) in [7, 11) is 0. The van der Waals surface area contributed by atoms with Crippen molar-refractivity contribution in [3.05, 3.63) is 54.5 Å². The van der Waals surface area contributed by atoms with Crippen molar-refractivity contribution in [2.24, 2.45) is 0 Å². The van der Waals surface area contributed by atoms with Gasteiger partial charge in [0.05, 0.1) is 5.52 Å². The van der Waals surface area contributed by atoms with Crippen molar-refractivity contribution in [3.63, 3.8) is 0 Å². The average Bonchev–Trinajstić information content (AvgIpc) is 2.96. The topological polar surface area (TPSA) is 56.0 Å². The van der Waals surface area contributed by atoms with E-state index in [2.05, 4.69) is 34.2 Å². The fourth-order valence-corrected chi connectivity index (χ4v) is 2.37. The predicted octanol–water partition coefficient (Wildman–Crippen LogP) is 2.65. The Bertz CT molecular complexity index is 926. The molecule has 4 rings (SSSR count). The number of hydrogen-bond donors (Lipinski definition) is 0. The predicted molar refractivity (Wildman–Crippen MR) is 76.3 cm³/mol. The molecule has 96 valence electrons. The number of aryl methyl sites for hydroxylation is 1. The van der Waals surface area contributed by atoms with Crippen LogP contribution in [0.3, 0.4) is 0 Å². The van der Waals surface area contributed by atoms with Crippen LogP contribution in [0, 0.1) is 6.92 Å².